The van der Waals surface area contributed by atoms with E-state index in [2.05, 4.69) is 0 Å². The van der Waals surface area contributed by atoms with E-state index in [9.17, 15) is 17.6 Å². The number of aromatic nitrogens is 1. The number of aryl methyl sites for hydroxylation is 3. The first-order valence-corrected chi connectivity index (χ1v) is 11.0. The van der Waals surface area contributed by atoms with E-state index in [0.29, 0.717) is 29.9 Å². The summed E-state index contributed by atoms with van der Waals surface area (Å²) in [4.78, 5) is 14.7. The summed E-state index contributed by atoms with van der Waals surface area (Å²) in [5, 5.41) is 0.0479. The maximum atomic E-state index is 14.8. The molecule has 7 heteroatoms. The standard InChI is InChI=1S/C22H25FN2O3S/c1-6-25(7-2)19-12-18-16(11-17(19)23)22(26)21(13-24(18)5)29(27,28)20-9-8-14(3)10-15(20)4/h8-13H,6-7H2,1-5H3. The molecule has 0 N–H and O–H groups in total. The molecule has 0 aliphatic rings. The monoisotopic (exact) mass is 416 g/mol. The number of benzene rings is 2. The molecule has 0 aliphatic carbocycles. The lowest BCUT2D eigenvalue weighted by atomic mass is 10.1. The van der Waals surface area contributed by atoms with Crippen molar-refractivity contribution in [3.05, 3.63) is 63.7 Å². The van der Waals surface area contributed by atoms with E-state index in [0.717, 1.165) is 11.6 Å². The number of halogens is 1. The van der Waals surface area contributed by atoms with E-state index in [1.54, 1.807) is 36.7 Å². The number of nitrogens with zero attached hydrogens (tertiary/aromatic N) is 2. The molecule has 0 atom stereocenters. The van der Waals surface area contributed by atoms with Crippen LogP contribution in [0, 0.1) is 19.7 Å². The van der Waals surface area contributed by atoms with Crippen molar-refractivity contribution in [1.82, 2.24) is 4.57 Å². The molecule has 0 spiro atoms. The number of hydrogen-bond acceptors (Lipinski definition) is 4. The van der Waals surface area contributed by atoms with E-state index >= 15 is 0 Å². The van der Waals surface area contributed by atoms with Crippen LogP contribution in [0.5, 0.6) is 0 Å². The number of rotatable bonds is 5. The Morgan fingerprint density at radius 2 is 1.69 bits per heavy atom. The molecule has 3 rings (SSSR count). The summed E-state index contributed by atoms with van der Waals surface area (Å²) >= 11 is 0. The Morgan fingerprint density at radius 3 is 2.28 bits per heavy atom. The molecule has 1 aromatic heterocycles. The van der Waals surface area contributed by atoms with Crippen LogP contribution in [0.2, 0.25) is 0 Å². The fourth-order valence-electron chi connectivity index (χ4n) is 3.68. The topological polar surface area (TPSA) is 59.4 Å². The summed E-state index contributed by atoms with van der Waals surface area (Å²) < 4.78 is 42.8. The van der Waals surface area contributed by atoms with Gasteiger partial charge >= 0.3 is 0 Å². The molecule has 2 aromatic carbocycles. The molecule has 0 fully saturated rings. The summed E-state index contributed by atoms with van der Waals surface area (Å²) in [5.41, 5.74) is 1.68. The molecular formula is C22H25FN2O3S. The summed E-state index contributed by atoms with van der Waals surface area (Å²) in [5.74, 6) is -0.542. The van der Waals surface area contributed by atoms with E-state index < -0.39 is 21.1 Å². The quantitative estimate of drug-likeness (QED) is 0.631. The highest BCUT2D eigenvalue weighted by molar-refractivity contribution is 7.91. The van der Waals surface area contributed by atoms with E-state index in [-0.39, 0.29) is 15.2 Å². The molecule has 5 nitrogen and oxygen atoms in total. The lowest BCUT2D eigenvalue weighted by molar-refractivity contribution is 0.593. The SMILES string of the molecule is CCN(CC)c1cc2c(cc1F)c(=O)c(S(=O)(=O)c1ccc(C)cc1C)cn2C. The van der Waals surface area contributed by atoms with Crippen LogP contribution in [-0.2, 0) is 16.9 Å². The smallest absolute Gasteiger partial charge is 0.212 e. The van der Waals surface area contributed by atoms with Crippen LogP contribution in [0.15, 0.2) is 51.1 Å². The predicted octanol–water partition coefficient (Wildman–Crippen LogP) is 3.97. The third-order valence-electron chi connectivity index (χ3n) is 5.24. The van der Waals surface area contributed by atoms with Crippen molar-refractivity contribution in [3.8, 4) is 0 Å². The summed E-state index contributed by atoms with van der Waals surface area (Å²) in [7, 11) is -2.39. The number of fused-ring (bicyclic) bond motifs is 1. The van der Waals surface area contributed by atoms with Gasteiger partial charge in [0.1, 0.15) is 10.7 Å². The van der Waals surface area contributed by atoms with Crippen molar-refractivity contribution >= 4 is 26.4 Å². The van der Waals surface area contributed by atoms with Crippen molar-refractivity contribution in [1.29, 1.82) is 0 Å². The highest BCUT2D eigenvalue weighted by atomic mass is 32.2. The van der Waals surface area contributed by atoms with Crippen LogP contribution in [0.1, 0.15) is 25.0 Å². The van der Waals surface area contributed by atoms with Gasteiger partial charge in [0.2, 0.25) is 15.3 Å². The molecular weight excluding hydrogens is 391 g/mol. The average molecular weight is 417 g/mol. The number of pyridine rings is 1. The lowest BCUT2D eigenvalue weighted by Gasteiger charge is -2.22. The zero-order valence-corrected chi connectivity index (χ0v) is 18.1. The molecule has 0 amide bonds. The minimum Gasteiger partial charge on any atom is -0.370 e. The Labute approximate surface area is 170 Å². The van der Waals surface area contributed by atoms with Crippen LogP contribution < -0.4 is 10.3 Å². The van der Waals surface area contributed by atoms with Gasteiger partial charge in [-0.3, -0.25) is 4.79 Å². The molecule has 1 heterocycles. The van der Waals surface area contributed by atoms with Gasteiger partial charge in [-0.25, -0.2) is 12.8 Å². The zero-order valence-electron chi connectivity index (χ0n) is 17.3. The fraction of sp³-hybridized carbons (Fsp3) is 0.318. The average Bonchev–Trinajstić information content (AvgIpc) is 2.65. The minimum atomic E-state index is -4.05. The summed E-state index contributed by atoms with van der Waals surface area (Å²) in [6, 6.07) is 7.71. The summed E-state index contributed by atoms with van der Waals surface area (Å²) in [6.45, 7) is 8.64. The second-order valence-corrected chi connectivity index (χ2v) is 9.09. The minimum absolute atomic E-state index is 0.0479. The van der Waals surface area contributed by atoms with Crippen molar-refractivity contribution in [2.75, 3.05) is 18.0 Å². The first-order valence-electron chi connectivity index (χ1n) is 9.52. The predicted molar refractivity (Wildman–Crippen MR) is 114 cm³/mol. The van der Waals surface area contributed by atoms with E-state index in [4.69, 9.17) is 0 Å². The molecule has 0 unspecified atom stereocenters. The molecule has 0 saturated carbocycles. The van der Waals surface area contributed by atoms with Crippen LogP contribution >= 0.6 is 0 Å². The Kier molecular flexibility index (Phi) is 5.54. The molecule has 154 valence electrons. The third-order valence-corrected chi connectivity index (χ3v) is 7.14. The van der Waals surface area contributed by atoms with E-state index in [1.807, 2.05) is 25.7 Å². The molecule has 3 aromatic rings. The number of anilines is 1. The van der Waals surface area contributed by atoms with Crippen molar-refractivity contribution < 1.29 is 12.8 Å². The second-order valence-electron chi connectivity index (χ2n) is 7.20. The number of sulfone groups is 1. The molecule has 0 saturated heterocycles. The molecule has 29 heavy (non-hydrogen) atoms. The normalized spacial score (nSPS) is 11.8. The lowest BCUT2D eigenvalue weighted by Crippen LogP contribution is -2.24. The Morgan fingerprint density at radius 1 is 1.03 bits per heavy atom. The first-order chi connectivity index (χ1) is 13.6. The molecule has 0 aliphatic heterocycles. The number of hydrogen-bond donors (Lipinski definition) is 0. The van der Waals surface area contributed by atoms with Gasteiger partial charge < -0.3 is 9.47 Å². The van der Waals surface area contributed by atoms with Gasteiger partial charge in [-0.2, -0.15) is 0 Å². The van der Waals surface area contributed by atoms with Crippen LogP contribution in [0.4, 0.5) is 10.1 Å². The van der Waals surface area contributed by atoms with Gasteiger partial charge in [-0.1, -0.05) is 17.7 Å². The van der Waals surface area contributed by atoms with Crippen molar-refractivity contribution in [2.24, 2.45) is 7.05 Å². The maximum absolute atomic E-state index is 14.8. The van der Waals surface area contributed by atoms with Gasteiger partial charge in [-0.15, -0.1) is 0 Å². The van der Waals surface area contributed by atoms with Crippen LogP contribution in [-0.4, -0.2) is 26.1 Å². The second kappa shape index (κ2) is 7.63. The third kappa shape index (κ3) is 3.55. The van der Waals surface area contributed by atoms with Gasteiger partial charge in [0.25, 0.3) is 0 Å². The van der Waals surface area contributed by atoms with Crippen LogP contribution in [0.3, 0.4) is 0 Å². The van der Waals surface area contributed by atoms with Crippen molar-refractivity contribution in [3.63, 3.8) is 0 Å². The molecule has 0 bridgehead atoms. The Bertz CT molecular complexity index is 1260. The van der Waals surface area contributed by atoms with Gasteiger partial charge in [0.05, 0.1) is 21.5 Å². The van der Waals surface area contributed by atoms with Gasteiger partial charge in [0, 0.05) is 26.3 Å². The van der Waals surface area contributed by atoms with Crippen molar-refractivity contribution in [2.45, 2.75) is 37.5 Å². The van der Waals surface area contributed by atoms with Crippen LogP contribution in [0.25, 0.3) is 10.9 Å². The first kappa shape index (κ1) is 21.0. The maximum Gasteiger partial charge on any atom is 0.212 e. The largest absolute Gasteiger partial charge is 0.370 e. The highest BCUT2D eigenvalue weighted by Gasteiger charge is 2.26. The fourth-order valence-corrected chi connectivity index (χ4v) is 5.30. The Balaban J connectivity index is 2.30. The van der Waals surface area contributed by atoms with E-state index in [1.165, 1.54) is 12.3 Å². The van der Waals surface area contributed by atoms with Gasteiger partial charge in [0.15, 0.2) is 0 Å². The molecule has 0 radical (unpaired) electrons. The Hall–Kier alpha value is -2.67. The highest BCUT2D eigenvalue weighted by Crippen LogP contribution is 2.28. The summed E-state index contributed by atoms with van der Waals surface area (Å²) in [6.07, 6.45) is 1.32. The van der Waals surface area contributed by atoms with Gasteiger partial charge in [-0.05, 0) is 51.5 Å². The zero-order chi connectivity index (χ0) is 21.5.